The monoisotopic (exact) mass is 215 g/mol. The van der Waals surface area contributed by atoms with Crippen molar-refractivity contribution in [3.05, 3.63) is 0 Å². The Morgan fingerprint density at radius 1 is 1.40 bits per heavy atom. The second kappa shape index (κ2) is 6.80. The largest absolute Gasteiger partial charge is 0.468 e. The molecule has 0 saturated heterocycles. The van der Waals surface area contributed by atoms with Crippen molar-refractivity contribution >= 4 is 5.97 Å². The van der Waals surface area contributed by atoms with Crippen molar-refractivity contribution in [3.8, 4) is 0 Å². The fraction of sp³-hybridized carbons (Fsp3) is 0.909. The second-order valence-corrected chi connectivity index (χ2v) is 3.96. The van der Waals surface area contributed by atoms with Crippen LogP contribution in [0.4, 0.5) is 0 Å². The molecule has 1 N–H and O–H groups in total. The summed E-state index contributed by atoms with van der Waals surface area (Å²) in [5.74, 6) is -0.256. The summed E-state index contributed by atoms with van der Waals surface area (Å²) in [7, 11) is 3.14. The average molecular weight is 215 g/mol. The maximum absolute atomic E-state index is 11.3. The number of esters is 1. The van der Waals surface area contributed by atoms with Gasteiger partial charge in [-0.1, -0.05) is 19.3 Å². The Balaban J connectivity index is 2.23. The molecule has 88 valence electrons. The van der Waals surface area contributed by atoms with Crippen LogP contribution < -0.4 is 5.32 Å². The zero-order valence-corrected chi connectivity index (χ0v) is 9.62. The van der Waals surface area contributed by atoms with Gasteiger partial charge in [0.25, 0.3) is 0 Å². The number of rotatable bonds is 5. The smallest absolute Gasteiger partial charge is 0.325 e. The van der Waals surface area contributed by atoms with Crippen molar-refractivity contribution in [1.29, 1.82) is 0 Å². The van der Waals surface area contributed by atoms with Crippen LogP contribution in [0, 0.1) is 0 Å². The molecule has 1 fully saturated rings. The minimum absolute atomic E-state index is 0.256. The number of carbonyl (C=O) groups is 1. The first-order valence-electron chi connectivity index (χ1n) is 5.64. The molecule has 0 amide bonds. The fourth-order valence-electron chi connectivity index (χ4n) is 1.88. The Hall–Kier alpha value is -0.610. The number of hydrogen-bond donors (Lipinski definition) is 1. The lowest BCUT2D eigenvalue weighted by Crippen LogP contribution is -2.40. The van der Waals surface area contributed by atoms with Crippen LogP contribution in [0.3, 0.4) is 0 Å². The van der Waals surface area contributed by atoms with Crippen molar-refractivity contribution in [1.82, 2.24) is 5.32 Å². The minimum Gasteiger partial charge on any atom is -0.468 e. The van der Waals surface area contributed by atoms with Gasteiger partial charge in [-0.2, -0.15) is 0 Å². The topological polar surface area (TPSA) is 47.6 Å². The molecule has 0 radical (unpaired) electrons. The predicted octanol–water partition coefficient (Wildman–Crippen LogP) is 1.10. The highest BCUT2D eigenvalue weighted by atomic mass is 16.5. The number of nitrogens with one attached hydrogen (secondary N) is 1. The normalized spacial score (nSPS) is 19.9. The highest BCUT2D eigenvalue weighted by molar-refractivity contribution is 5.75. The Morgan fingerprint density at radius 3 is 2.60 bits per heavy atom. The third-order valence-electron chi connectivity index (χ3n) is 2.88. The molecule has 1 atom stereocenters. The van der Waals surface area contributed by atoms with Gasteiger partial charge < -0.3 is 14.8 Å². The van der Waals surface area contributed by atoms with E-state index >= 15 is 0 Å². The lowest BCUT2D eigenvalue weighted by atomic mass is 9.98. The summed E-state index contributed by atoms with van der Waals surface area (Å²) < 4.78 is 10.4. The molecule has 1 aliphatic carbocycles. The van der Waals surface area contributed by atoms with E-state index in [0.717, 1.165) is 12.8 Å². The zero-order valence-electron chi connectivity index (χ0n) is 9.62. The molecule has 1 unspecified atom stereocenters. The van der Waals surface area contributed by atoms with Crippen molar-refractivity contribution in [2.24, 2.45) is 0 Å². The van der Waals surface area contributed by atoms with E-state index in [4.69, 9.17) is 4.74 Å². The van der Waals surface area contributed by atoms with Gasteiger partial charge in [0.05, 0.1) is 19.8 Å². The van der Waals surface area contributed by atoms with Gasteiger partial charge in [0.1, 0.15) is 6.04 Å². The van der Waals surface area contributed by atoms with Crippen LogP contribution in [0.1, 0.15) is 32.1 Å². The van der Waals surface area contributed by atoms with Crippen LogP contribution in [0.25, 0.3) is 0 Å². The van der Waals surface area contributed by atoms with Crippen LogP contribution in [0.5, 0.6) is 0 Å². The summed E-state index contributed by atoms with van der Waals surface area (Å²) in [4.78, 5) is 11.3. The average Bonchev–Trinajstić information content (AvgIpc) is 2.31. The molecule has 1 rings (SSSR count). The Kier molecular flexibility index (Phi) is 5.65. The van der Waals surface area contributed by atoms with E-state index in [0.29, 0.717) is 12.7 Å². The predicted molar refractivity (Wildman–Crippen MR) is 57.7 cm³/mol. The number of ether oxygens (including phenoxy) is 2. The van der Waals surface area contributed by atoms with Crippen molar-refractivity contribution < 1.29 is 14.3 Å². The third kappa shape index (κ3) is 4.18. The summed E-state index contributed by atoms with van der Waals surface area (Å²) in [5.41, 5.74) is 0. The molecule has 1 saturated carbocycles. The summed E-state index contributed by atoms with van der Waals surface area (Å²) in [6.07, 6.45) is 6.38. The molecule has 0 bridgehead atoms. The van der Waals surface area contributed by atoms with E-state index in [2.05, 4.69) is 10.1 Å². The molecule has 0 aromatic rings. The summed E-state index contributed by atoms with van der Waals surface area (Å²) in [6.45, 7) is 0.411. The van der Waals surface area contributed by atoms with Gasteiger partial charge in [0.15, 0.2) is 0 Å². The molecule has 15 heavy (non-hydrogen) atoms. The van der Waals surface area contributed by atoms with Gasteiger partial charge in [-0.3, -0.25) is 4.79 Å². The molecule has 0 aromatic heterocycles. The van der Waals surface area contributed by atoms with Crippen molar-refractivity contribution in [2.75, 3.05) is 20.8 Å². The number of likely N-dealkylation sites (N-methyl/N-ethyl adjacent to an activating group) is 1. The van der Waals surface area contributed by atoms with E-state index in [9.17, 15) is 4.79 Å². The molecule has 0 spiro atoms. The fourth-order valence-corrected chi connectivity index (χ4v) is 1.88. The van der Waals surface area contributed by atoms with Crippen LogP contribution in [0.2, 0.25) is 0 Å². The van der Waals surface area contributed by atoms with Crippen LogP contribution in [-0.2, 0) is 14.3 Å². The van der Waals surface area contributed by atoms with E-state index < -0.39 is 0 Å². The summed E-state index contributed by atoms with van der Waals surface area (Å²) in [6, 6.07) is -0.336. The molecular weight excluding hydrogens is 194 g/mol. The van der Waals surface area contributed by atoms with Gasteiger partial charge in [-0.15, -0.1) is 0 Å². The molecule has 4 heteroatoms. The van der Waals surface area contributed by atoms with Gasteiger partial charge >= 0.3 is 5.97 Å². The SMILES string of the molecule is CNC(COC1CCCCC1)C(=O)OC. The second-order valence-electron chi connectivity index (χ2n) is 3.96. The van der Waals surface area contributed by atoms with Crippen molar-refractivity contribution in [2.45, 2.75) is 44.2 Å². The maximum Gasteiger partial charge on any atom is 0.325 e. The third-order valence-corrected chi connectivity index (χ3v) is 2.88. The van der Waals surface area contributed by atoms with E-state index in [-0.39, 0.29) is 12.0 Å². The molecule has 0 aliphatic heterocycles. The quantitative estimate of drug-likeness (QED) is 0.698. The lowest BCUT2D eigenvalue weighted by molar-refractivity contribution is -0.145. The number of hydrogen-bond acceptors (Lipinski definition) is 4. The first kappa shape index (κ1) is 12.5. The summed E-state index contributed by atoms with van der Waals surface area (Å²) >= 11 is 0. The minimum atomic E-state index is -0.336. The molecular formula is C11H21NO3. The first-order chi connectivity index (χ1) is 7.27. The first-order valence-corrected chi connectivity index (χ1v) is 5.64. The molecule has 0 aromatic carbocycles. The maximum atomic E-state index is 11.3. The molecule has 1 aliphatic rings. The Morgan fingerprint density at radius 2 is 2.07 bits per heavy atom. The summed E-state index contributed by atoms with van der Waals surface area (Å²) in [5, 5.41) is 2.89. The molecule has 4 nitrogen and oxygen atoms in total. The lowest BCUT2D eigenvalue weighted by Gasteiger charge is -2.24. The van der Waals surface area contributed by atoms with Gasteiger partial charge in [-0.05, 0) is 19.9 Å². The standard InChI is InChI=1S/C11H21NO3/c1-12-10(11(13)14-2)8-15-9-6-4-3-5-7-9/h9-10,12H,3-8H2,1-2H3. The van der Waals surface area contributed by atoms with Crippen LogP contribution in [-0.4, -0.2) is 38.9 Å². The zero-order chi connectivity index (χ0) is 11.1. The van der Waals surface area contributed by atoms with Crippen molar-refractivity contribution in [3.63, 3.8) is 0 Å². The number of methoxy groups -OCH3 is 1. The van der Waals surface area contributed by atoms with E-state index in [1.165, 1.54) is 26.4 Å². The highest BCUT2D eigenvalue weighted by Gasteiger charge is 2.20. The van der Waals surface area contributed by atoms with Gasteiger partial charge in [-0.25, -0.2) is 0 Å². The van der Waals surface area contributed by atoms with E-state index in [1.54, 1.807) is 7.05 Å². The van der Waals surface area contributed by atoms with Crippen LogP contribution in [0.15, 0.2) is 0 Å². The van der Waals surface area contributed by atoms with Gasteiger partial charge in [0, 0.05) is 0 Å². The Labute approximate surface area is 91.3 Å². The van der Waals surface area contributed by atoms with E-state index in [1.807, 2.05) is 0 Å². The number of carbonyl (C=O) groups excluding carboxylic acids is 1. The Bertz CT molecular complexity index is 190. The molecule has 0 heterocycles. The van der Waals surface area contributed by atoms with Crippen LogP contribution >= 0.6 is 0 Å². The van der Waals surface area contributed by atoms with Gasteiger partial charge in [0.2, 0.25) is 0 Å². The highest BCUT2D eigenvalue weighted by Crippen LogP contribution is 2.20.